The third-order valence-electron chi connectivity index (χ3n) is 4.30. The summed E-state index contributed by atoms with van der Waals surface area (Å²) in [6, 6.07) is 7.30. The second kappa shape index (κ2) is 6.35. The zero-order valence-electron chi connectivity index (χ0n) is 12.9. The molecule has 1 unspecified atom stereocenters. The van der Waals surface area contributed by atoms with Crippen LogP contribution in [0, 0.1) is 6.92 Å². The number of benzene rings is 1. The van der Waals surface area contributed by atoms with Crippen molar-refractivity contribution in [1.29, 1.82) is 0 Å². The molecular formula is C18H23N3. The Morgan fingerprint density at radius 3 is 2.67 bits per heavy atom. The molecule has 1 atom stereocenters. The van der Waals surface area contributed by atoms with Gasteiger partial charge in [0.15, 0.2) is 0 Å². The summed E-state index contributed by atoms with van der Waals surface area (Å²) in [6.07, 6.45) is 8.82. The molecule has 1 aliphatic carbocycles. The van der Waals surface area contributed by atoms with E-state index in [1.807, 2.05) is 19.3 Å². The van der Waals surface area contributed by atoms with E-state index in [0.717, 1.165) is 17.9 Å². The van der Waals surface area contributed by atoms with Crippen molar-refractivity contribution in [1.82, 2.24) is 15.3 Å². The molecule has 1 N–H and O–H groups in total. The zero-order valence-corrected chi connectivity index (χ0v) is 12.9. The van der Waals surface area contributed by atoms with Crippen molar-refractivity contribution >= 4 is 0 Å². The lowest BCUT2D eigenvalue weighted by molar-refractivity contribution is 0.564. The first-order valence-electron chi connectivity index (χ1n) is 7.85. The monoisotopic (exact) mass is 281 g/mol. The molecule has 2 aromatic rings. The van der Waals surface area contributed by atoms with E-state index >= 15 is 0 Å². The molecule has 110 valence electrons. The molecule has 0 bridgehead atoms. The van der Waals surface area contributed by atoms with Gasteiger partial charge in [-0.15, -0.1) is 0 Å². The van der Waals surface area contributed by atoms with Crippen LogP contribution in [0.25, 0.3) is 0 Å². The minimum absolute atomic E-state index is 0.334. The Balaban J connectivity index is 1.65. The van der Waals surface area contributed by atoms with E-state index in [2.05, 4.69) is 40.4 Å². The Kier molecular flexibility index (Phi) is 4.30. The summed E-state index contributed by atoms with van der Waals surface area (Å²) < 4.78 is 0. The van der Waals surface area contributed by atoms with Gasteiger partial charge < -0.3 is 5.32 Å². The van der Waals surface area contributed by atoms with Crippen LogP contribution in [-0.2, 0) is 19.4 Å². The van der Waals surface area contributed by atoms with Gasteiger partial charge in [0.25, 0.3) is 0 Å². The number of rotatable bonds is 4. The summed E-state index contributed by atoms with van der Waals surface area (Å²) >= 11 is 0. The molecule has 1 heterocycles. The molecule has 0 aliphatic heterocycles. The molecule has 0 radical (unpaired) electrons. The lowest BCUT2D eigenvalue weighted by Crippen LogP contribution is -2.19. The van der Waals surface area contributed by atoms with Crippen molar-refractivity contribution in [3.63, 3.8) is 0 Å². The van der Waals surface area contributed by atoms with Crippen LogP contribution in [0.3, 0.4) is 0 Å². The van der Waals surface area contributed by atoms with Gasteiger partial charge in [-0.3, -0.25) is 9.97 Å². The molecule has 21 heavy (non-hydrogen) atoms. The van der Waals surface area contributed by atoms with E-state index in [4.69, 9.17) is 0 Å². The summed E-state index contributed by atoms with van der Waals surface area (Å²) in [5.74, 6) is 0. The maximum atomic E-state index is 4.39. The molecule has 0 saturated heterocycles. The molecule has 0 saturated carbocycles. The molecule has 3 nitrogen and oxygen atoms in total. The molecule has 1 aromatic carbocycles. The van der Waals surface area contributed by atoms with Crippen molar-refractivity contribution in [2.75, 3.05) is 0 Å². The molecule has 0 spiro atoms. The van der Waals surface area contributed by atoms with Crippen molar-refractivity contribution in [3.8, 4) is 0 Å². The van der Waals surface area contributed by atoms with E-state index in [0.29, 0.717) is 6.04 Å². The Labute approximate surface area is 126 Å². The third kappa shape index (κ3) is 3.48. The Morgan fingerprint density at radius 1 is 1.10 bits per heavy atom. The highest BCUT2D eigenvalue weighted by Gasteiger charge is 2.12. The highest BCUT2D eigenvalue weighted by atomic mass is 14.9. The average molecular weight is 281 g/mol. The van der Waals surface area contributed by atoms with E-state index < -0.39 is 0 Å². The molecule has 1 aliphatic rings. The summed E-state index contributed by atoms with van der Waals surface area (Å²) in [5.41, 5.74) is 6.41. The van der Waals surface area contributed by atoms with Gasteiger partial charge in [0.2, 0.25) is 0 Å². The van der Waals surface area contributed by atoms with Gasteiger partial charge in [-0.1, -0.05) is 18.2 Å². The van der Waals surface area contributed by atoms with Crippen molar-refractivity contribution in [2.45, 2.75) is 52.1 Å². The molecule has 3 heteroatoms. The third-order valence-corrected chi connectivity index (χ3v) is 4.30. The second-order valence-electron chi connectivity index (χ2n) is 5.99. The summed E-state index contributed by atoms with van der Waals surface area (Å²) in [7, 11) is 0. The van der Waals surface area contributed by atoms with Crippen molar-refractivity contribution in [3.05, 3.63) is 58.7 Å². The minimum atomic E-state index is 0.334. The molecule has 0 amide bonds. The van der Waals surface area contributed by atoms with Crippen LogP contribution in [0.4, 0.5) is 0 Å². The van der Waals surface area contributed by atoms with Crippen LogP contribution in [0.5, 0.6) is 0 Å². The first kappa shape index (κ1) is 14.2. The standard InChI is InChI=1S/C18H23N3/c1-13-10-21-18(11-19-13)12-20-14(2)16-8-7-15-5-3-4-6-17(15)9-16/h7-11,14,20H,3-6,12H2,1-2H3. The fourth-order valence-corrected chi connectivity index (χ4v) is 2.91. The highest BCUT2D eigenvalue weighted by molar-refractivity contribution is 5.35. The predicted molar refractivity (Wildman–Crippen MR) is 85.1 cm³/mol. The van der Waals surface area contributed by atoms with Gasteiger partial charge in [0, 0.05) is 25.0 Å². The van der Waals surface area contributed by atoms with Gasteiger partial charge in [-0.25, -0.2) is 0 Å². The largest absolute Gasteiger partial charge is 0.305 e. The highest BCUT2D eigenvalue weighted by Crippen LogP contribution is 2.24. The van der Waals surface area contributed by atoms with Gasteiger partial charge >= 0.3 is 0 Å². The van der Waals surface area contributed by atoms with E-state index in [1.165, 1.54) is 31.2 Å². The normalized spacial score (nSPS) is 15.5. The van der Waals surface area contributed by atoms with E-state index in [9.17, 15) is 0 Å². The first-order chi connectivity index (χ1) is 10.2. The number of aromatic nitrogens is 2. The van der Waals surface area contributed by atoms with Crippen LogP contribution in [0.15, 0.2) is 30.6 Å². The van der Waals surface area contributed by atoms with Crippen molar-refractivity contribution in [2.24, 2.45) is 0 Å². The fraction of sp³-hybridized carbons (Fsp3) is 0.444. The summed E-state index contributed by atoms with van der Waals surface area (Å²) in [5, 5.41) is 3.54. The van der Waals surface area contributed by atoms with Crippen LogP contribution in [0.1, 0.15) is 53.9 Å². The summed E-state index contributed by atoms with van der Waals surface area (Å²) in [4.78, 5) is 8.67. The molecule has 3 rings (SSSR count). The van der Waals surface area contributed by atoms with Crippen LogP contribution < -0.4 is 5.32 Å². The van der Waals surface area contributed by atoms with Gasteiger partial charge in [-0.05, 0) is 56.2 Å². The van der Waals surface area contributed by atoms with E-state index in [-0.39, 0.29) is 0 Å². The number of nitrogens with zero attached hydrogens (tertiary/aromatic N) is 2. The SMILES string of the molecule is Cc1cnc(CNC(C)c2ccc3c(c2)CCCC3)cn1. The first-order valence-corrected chi connectivity index (χ1v) is 7.85. The number of aryl methyl sites for hydroxylation is 3. The number of hydrogen-bond donors (Lipinski definition) is 1. The number of nitrogens with one attached hydrogen (secondary N) is 1. The number of fused-ring (bicyclic) bond motifs is 1. The molecule has 0 fully saturated rings. The van der Waals surface area contributed by atoms with Crippen LogP contribution >= 0.6 is 0 Å². The van der Waals surface area contributed by atoms with Crippen LogP contribution in [0.2, 0.25) is 0 Å². The molecular weight excluding hydrogens is 258 g/mol. The van der Waals surface area contributed by atoms with Gasteiger partial charge in [0.1, 0.15) is 0 Å². The number of hydrogen-bond acceptors (Lipinski definition) is 3. The maximum absolute atomic E-state index is 4.39. The van der Waals surface area contributed by atoms with Gasteiger partial charge in [-0.2, -0.15) is 0 Å². The van der Waals surface area contributed by atoms with Crippen LogP contribution in [-0.4, -0.2) is 9.97 Å². The summed E-state index contributed by atoms with van der Waals surface area (Å²) in [6.45, 7) is 4.93. The minimum Gasteiger partial charge on any atom is -0.305 e. The lowest BCUT2D eigenvalue weighted by atomic mass is 9.89. The lowest BCUT2D eigenvalue weighted by Gasteiger charge is -2.20. The average Bonchev–Trinajstić information content (AvgIpc) is 2.53. The Hall–Kier alpha value is -1.74. The zero-order chi connectivity index (χ0) is 14.7. The van der Waals surface area contributed by atoms with E-state index in [1.54, 1.807) is 11.1 Å². The quantitative estimate of drug-likeness (QED) is 0.932. The van der Waals surface area contributed by atoms with Crippen molar-refractivity contribution < 1.29 is 0 Å². The smallest absolute Gasteiger partial charge is 0.0724 e. The Bertz CT molecular complexity index is 604. The maximum Gasteiger partial charge on any atom is 0.0724 e. The fourth-order valence-electron chi connectivity index (χ4n) is 2.91. The predicted octanol–water partition coefficient (Wildman–Crippen LogP) is 3.51. The van der Waals surface area contributed by atoms with Gasteiger partial charge in [0.05, 0.1) is 11.4 Å². The topological polar surface area (TPSA) is 37.8 Å². The second-order valence-corrected chi connectivity index (χ2v) is 5.99. The Morgan fingerprint density at radius 2 is 1.90 bits per heavy atom. The molecule has 1 aromatic heterocycles.